The van der Waals surface area contributed by atoms with Crippen molar-refractivity contribution in [3.8, 4) is 40.5 Å². The standard InChI is InChI=1S/C27H26N6O5S/c1-5-21(26(35)32-18-9-7-6-8-15(18)25(31)34)39-27-17(13-29)22(16(12-28)24(30)33-27)14-10-19(36-2)23(38-4)20(11-14)37-3/h6-11,21H,5H2,1-4H3,(H2,30,33)(H2,31,34)(H,32,35). The molecule has 11 nitrogen and oxygen atoms in total. The highest BCUT2D eigenvalue weighted by Gasteiger charge is 2.27. The number of rotatable bonds is 10. The number of carbonyl (C=O) groups is 2. The lowest BCUT2D eigenvalue weighted by atomic mass is 9.96. The minimum absolute atomic E-state index is 0.0157. The number of thioether (sulfide) groups is 1. The first-order chi connectivity index (χ1) is 18.7. The first kappa shape index (κ1) is 28.6. The van der Waals surface area contributed by atoms with E-state index >= 15 is 0 Å². The first-order valence-corrected chi connectivity index (χ1v) is 12.4. The first-order valence-electron chi connectivity index (χ1n) is 11.5. The molecule has 2 aromatic carbocycles. The molecule has 0 aliphatic heterocycles. The Morgan fingerprint density at radius 1 is 1.05 bits per heavy atom. The highest BCUT2D eigenvalue weighted by Crippen LogP contribution is 2.44. The van der Waals surface area contributed by atoms with Crippen LogP contribution >= 0.6 is 11.8 Å². The predicted octanol–water partition coefficient (Wildman–Crippen LogP) is 3.71. The third kappa shape index (κ3) is 5.81. The number of aromatic nitrogens is 1. The average molecular weight is 547 g/mol. The van der Waals surface area contributed by atoms with Gasteiger partial charge in [-0.1, -0.05) is 30.8 Å². The number of amides is 2. The van der Waals surface area contributed by atoms with E-state index in [1.807, 2.05) is 6.07 Å². The van der Waals surface area contributed by atoms with Gasteiger partial charge in [0.1, 0.15) is 28.5 Å². The molecule has 0 aliphatic carbocycles. The number of para-hydroxylation sites is 1. The van der Waals surface area contributed by atoms with Crippen molar-refractivity contribution in [2.45, 2.75) is 23.6 Å². The van der Waals surface area contributed by atoms with Crippen LogP contribution in [0.4, 0.5) is 11.5 Å². The maximum Gasteiger partial charge on any atom is 0.250 e. The van der Waals surface area contributed by atoms with E-state index in [-0.39, 0.29) is 38.8 Å². The Bertz CT molecular complexity index is 1490. The lowest BCUT2D eigenvalue weighted by Gasteiger charge is -2.19. The summed E-state index contributed by atoms with van der Waals surface area (Å²) < 4.78 is 16.3. The number of ether oxygens (including phenoxy) is 3. The number of nitrogens with one attached hydrogen (secondary N) is 1. The van der Waals surface area contributed by atoms with Gasteiger partial charge in [0.15, 0.2) is 11.5 Å². The summed E-state index contributed by atoms with van der Waals surface area (Å²) in [6.07, 6.45) is 0.348. The molecule has 0 saturated heterocycles. The number of benzene rings is 2. The third-order valence-electron chi connectivity index (χ3n) is 5.74. The molecule has 39 heavy (non-hydrogen) atoms. The number of anilines is 2. The van der Waals surface area contributed by atoms with Crippen LogP contribution in [0.3, 0.4) is 0 Å². The molecule has 0 radical (unpaired) electrons. The maximum absolute atomic E-state index is 13.2. The summed E-state index contributed by atoms with van der Waals surface area (Å²) >= 11 is 1.01. The minimum atomic E-state index is -0.731. The summed E-state index contributed by atoms with van der Waals surface area (Å²) in [6, 6.07) is 13.7. The van der Waals surface area contributed by atoms with Gasteiger partial charge in [-0.25, -0.2) is 4.98 Å². The molecule has 0 aliphatic rings. The van der Waals surface area contributed by atoms with Gasteiger partial charge in [0, 0.05) is 5.56 Å². The Hall–Kier alpha value is -4.94. The number of primary amides is 1. The minimum Gasteiger partial charge on any atom is -0.493 e. The second-order valence-electron chi connectivity index (χ2n) is 7.98. The number of pyridine rings is 1. The highest BCUT2D eigenvalue weighted by molar-refractivity contribution is 8.00. The third-order valence-corrected chi connectivity index (χ3v) is 7.09. The fourth-order valence-electron chi connectivity index (χ4n) is 3.87. The summed E-state index contributed by atoms with van der Waals surface area (Å²) in [5.74, 6) is -0.284. The van der Waals surface area contributed by atoms with Crippen molar-refractivity contribution in [2.75, 3.05) is 32.4 Å². The van der Waals surface area contributed by atoms with Crippen LogP contribution in [-0.2, 0) is 4.79 Å². The van der Waals surface area contributed by atoms with Crippen LogP contribution in [0.1, 0.15) is 34.8 Å². The zero-order valence-electron chi connectivity index (χ0n) is 21.7. The van der Waals surface area contributed by atoms with Crippen molar-refractivity contribution in [2.24, 2.45) is 5.73 Å². The van der Waals surface area contributed by atoms with Gasteiger partial charge < -0.3 is 31.0 Å². The van der Waals surface area contributed by atoms with E-state index in [2.05, 4.69) is 16.4 Å². The van der Waals surface area contributed by atoms with Crippen molar-refractivity contribution in [3.05, 3.63) is 53.1 Å². The molecule has 1 aromatic heterocycles. The lowest BCUT2D eigenvalue weighted by Crippen LogP contribution is -2.26. The number of nitrogens with two attached hydrogens (primary N) is 2. The van der Waals surface area contributed by atoms with Crippen LogP contribution in [0.15, 0.2) is 41.4 Å². The second kappa shape index (κ2) is 12.5. The van der Waals surface area contributed by atoms with Crippen molar-refractivity contribution in [3.63, 3.8) is 0 Å². The van der Waals surface area contributed by atoms with Gasteiger partial charge in [0.2, 0.25) is 11.7 Å². The van der Waals surface area contributed by atoms with E-state index in [0.29, 0.717) is 29.2 Å². The molecule has 5 N–H and O–H groups in total. The fraction of sp³-hybridized carbons (Fsp3) is 0.222. The molecule has 0 saturated carbocycles. The largest absolute Gasteiger partial charge is 0.493 e. The molecule has 0 fully saturated rings. The summed E-state index contributed by atoms with van der Waals surface area (Å²) in [7, 11) is 4.35. The quantitative estimate of drug-likeness (QED) is 0.316. The number of hydrogen-bond acceptors (Lipinski definition) is 10. The predicted molar refractivity (Wildman–Crippen MR) is 147 cm³/mol. The lowest BCUT2D eigenvalue weighted by molar-refractivity contribution is -0.115. The van der Waals surface area contributed by atoms with Gasteiger partial charge in [-0.2, -0.15) is 10.5 Å². The van der Waals surface area contributed by atoms with Crippen molar-refractivity contribution in [1.82, 2.24) is 4.98 Å². The summed E-state index contributed by atoms with van der Waals surface area (Å²) in [5, 5.41) is 22.2. The summed E-state index contributed by atoms with van der Waals surface area (Å²) in [5.41, 5.74) is 12.7. The van der Waals surface area contributed by atoms with Crippen LogP contribution in [0.5, 0.6) is 17.2 Å². The van der Waals surface area contributed by atoms with Crippen molar-refractivity contribution in [1.29, 1.82) is 10.5 Å². The second-order valence-corrected chi connectivity index (χ2v) is 9.17. The topological polar surface area (TPSA) is 186 Å². The smallest absolute Gasteiger partial charge is 0.250 e. The average Bonchev–Trinajstić information content (AvgIpc) is 2.94. The summed E-state index contributed by atoms with van der Waals surface area (Å²) in [4.78, 5) is 29.3. The Balaban J connectivity index is 2.12. The normalized spacial score (nSPS) is 11.0. The molecule has 3 aromatic rings. The molecule has 0 bridgehead atoms. The van der Waals surface area contributed by atoms with E-state index < -0.39 is 17.1 Å². The fourth-order valence-corrected chi connectivity index (χ4v) is 4.89. The number of nitrogens with zero attached hydrogens (tertiary/aromatic N) is 3. The molecule has 0 spiro atoms. The molecule has 1 atom stereocenters. The van der Waals surface area contributed by atoms with Gasteiger partial charge in [-0.15, -0.1) is 0 Å². The number of methoxy groups -OCH3 is 3. The Labute approximate surface area is 229 Å². The molecule has 12 heteroatoms. The van der Waals surface area contributed by atoms with Crippen LogP contribution < -0.4 is 31.0 Å². The van der Waals surface area contributed by atoms with Gasteiger partial charge >= 0.3 is 0 Å². The van der Waals surface area contributed by atoms with Crippen LogP contribution in [0.2, 0.25) is 0 Å². The SMILES string of the molecule is CCC(Sc1nc(N)c(C#N)c(-c2cc(OC)c(OC)c(OC)c2)c1C#N)C(=O)Nc1ccccc1C(N)=O. The zero-order valence-corrected chi connectivity index (χ0v) is 22.5. The van der Waals surface area contributed by atoms with Crippen LogP contribution in [0, 0.1) is 22.7 Å². The molecule has 200 valence electrons. The molecular formula is C27H26N6O5S. The summed E-state index contributed by atoms with van der Waals surface area (Å²) in [6.45, 7) is 1.79. The van der Waals surface area contributed by atoms with Crippen LogP contribution in [0.25, 0.3) is 11.1 Å². The number of nitrogen functional groups attached to an aromatic ring is 1. The van der Waals surface area contributed by atoms with E-state index in [0.717, 1.165) is 11.8 Å². The molecule has 1 heterocycles. The Kier molecular flexibility index (Phi) is 9.20. The van der Waals surface area contributed by atoms with Crippen molar-refractivity contribution >= 4 is 35.1 Å². The van der Waals surface area contributed by atoms with Gasteiger partial charge in [0.05, 0.1) is 43.4 Å². The molecule has 1 unspecified atom stereocenters. The maximum atomic E-state index is 13.2. The van der Waals surface area contributed by atoms with Crippen LogP contribution in [-0.4, -0.2) is 43.4 Å². The van der Waals surface area contributed by atoms with Gasteiger partial charge in [0.25, 0.3) is 5.91 Å². The molecular weight excluding hydrogens is 520 g/mol. The number of hydrogen-bond donors (Lipinski definition) is 3. The Morgan fingerprint density at radius 3 is 2.18 bits per heavy atom. The van der Waals surface area contributed by atoms with Gasteiger partial charge in [-0.3, -0.25) is 9.59 Å². The molecule has 2 amide bonds. The van der Waals surface area contributed by atoms with E-state index in [9.17, 15) is 20.1 Å². The Morgan fingerprint density at radius 2 is 1.67 bits per heavy atom. The van der Waals surface area contributed by atoms with E-state index in [4.69, 9.17) is 25.7 Å². The zero-order chi connectivity index (χ0) is 28.7. The highest BCUT2D eigenvalue weighted by atomic mass is 32.2. The van der Waals surface area contributed by atoms with Crippen molar-refractivity contribution < 1.29 is 23.8 Å². The van der Waals surface area contributed by atoms with E-state index in [1.54, 1.807) is 37.3 Å². The molecule has 3 rings (SSSR count). The monoisotopic (exact) mass is 546 g/mol. The van der Waals surface area contributed by atoms with Gasteiger partial charge in [-0.05, 0) is 36.2 Å². The van der Waals surface area contributed by atoms with E-state index in [1.165, 1.54) is 27.4 Å². The number of carbonyl (C=O) groups excluding carboxylic acids is 2. The number of nitriles is 2.